The van der Waals surface area contributed by atoms with Gasteiger partial charge in [-0.05, 0) is 19.9 Å². The maximum absolute atomic E-state index is 12.3. The Morgan fingerprint density at radius 3 is 2.30 bits per heavy atom. The number of allylic oxidation sites excluding steroid dienone is 6. The van der Waals surface area contributed by atoms with Gasteiger partial charge in [-0.2, -0.15) is 0 Å². The van der Waals surface area contributed by atoms with Gasteiger partial charge in [0.1, 0.15) is 5.83 Å². The minimum Gasteiger partial charge on any atom is -0.212 e. The second-order valence-corrected chi connectivity index (χ2v) is 1.81. The molecule has 10 heavy (non-hydrogen) atoms. The van der Waals surface area contributed by atoms with Crippen LogP contribution in [0.1, 0.15) is 13.8 Å². The van der Waals surface area contributed by atoms with Crippen molar-refractivity contribution in [3.63, 3.8) is 0 Å². The molecule has 0 nitrogen and oxygen atoms in total. The highest BCUT2D eigenvalue weighted by Gasteiger charge is 1.86. The fourth-order valence-electron chi connectivity index (χ4n) is 0.426. The molecule has 0 amide bonds. The number of rotatable bonds is 2. The van der Waals surface area contributed by atoms with Crippen LogP contribution in [0, 0.1) is 0 Å². The van der Waals surface area contributed by atoms with Crippen LogP contribution in [-0.2, 0) is 0 Å². The largest absolute Gasteiger partial charge is 0.212 e. The summed E-state index contributed by atoms with van der Waals surface area (Å²) in [5.41, 5.74) is 0. The normalized spacial score (nSPS) is 14.8. The molecule has 0 aliphatic heterocycles. The zero-order valence-corrected chi connectivity index (χ0v) is 6.07. The van der Waals surface area contributed by atoms with Crippen LogP contribution in [0.2, 0.25) is 0 Å². The molecule has 0 aliphatic carbocycles. The average molecular weight is 144 g/mol. The highest BCUT2D eigenvalue weighted by molar-refractivity contribution is 5.18. The van der Waals surface area contributed by atoms with Crippen LogP contribution in [0.4, 0.5) is 8.78 Å². The summed E-state index contributed by atoms with van der Waals surface area (Å²) in [6.45, 7) is 2.96. The Hall–Kier alpha value is -0.920. The summed E-state index contributed by atoms with van der Waals surface area (Å²) < 4.78 is 24.3. The van der Waals surface area contributed by atoms with Crippen LogP contribution >= 0.6 is 0 Å². The van der Waals surface area contributed by atoms with E-state index in [1.165, 1.54) is 19.1 Å². The third kappa shape index (κ3) is 5.22. The first-order valence-electron chi connectivity index (χ1n) is 2.99. The topological polar surface area (TPSA) is 0 Å². The van der Waals surface area contributed by atoms with Crippen LogP contribution in [0.3, 0.4) is 0 Å². The molecule has 0 spiro atoms. The van der Waals surface area contributed by atoms with Crippen molar-refractivity contribution in [2.75, 3.05) is 0 Å². The zero-order valence-electron chi connectivity index (χ0n) is 6.07. The van der Waals surface area contributed by atoms with E-state index in [2.05, 4.69) is 0 Å². The van der Waals surface area contributed by atoms with Gasteiger partial charge in [0.05, 0.1) is 5.83 Å². The standard InChI is InChI=1S/C8H10F2/c1-3-4-5-8(10)6-7(2)9/h3-6H,1-2H3/b4-3-,7-6+,8-5+. The van der Waals surface area contributed by atoms with Crippen molar-refractivity contribution in [1.29, 1.82) is 0 Å². The van der Waals surface area contributed by atoms with E-state index in [9.17, 15) is 8.78 Å². The van der Waals surface area contributed by atoms with Gasteiger partial charge in [-0.15, -0.1) is 0 Å². The molecule has 0 aliphatic rings. The Morgan fingerprint density at radius 2 is 1.90 bits per heavy atom. The van der Waals surface area contributed by atoms with Gasteiger partial charge in [0, 0.05) is 6.08 Å². The summed E-state index contributed by atoms with van der Waals surface area (Å²) >= 11 is 0. The van der Waals surface area contributed by atoms with Crippen molar-refractivity contribution >= 4 is 0 Å². The lowest BCUT2D eigenvalue weighted by Crippen LogP contribution is -1.65. The van der Waals surface area contributed by atoms with Gasteiger partial charge in [0.15, 0.2) is 0 Å². The Balaban J connectivity index is 4.08. The number of hydrogen-bond acceptors (Lipinski definition) is 0. The maximum Gasteiger partial charge on any atom is 0.125 e. The molecule has 0 aromatic carbocycles. The first-order chi connectivity index (χ1) is 4.66. The summed E-state index contributed by atoms with van der Waals surface area (Å²) in [6.07, 6.45) is 5.21. The van der Waals surface area contributed by atoms with Crippen molar-refractivity contribution in [2.24, 2.45) is 0 Å². The van der Waals surface area contributed by atoms with E-state index in [4.69, 9.17) is 0 Å². The van der Waals surface area contributed by atoms with Gasteiger partial charge >= 0.3 is 0 Å². The van der Waals surface area contributed by atoms with Gasteiger partial charge in [-0.3, -0.25) is 0 Å². The highest BCUT2D eigenvalue weighted by atomic mass is 19.1. The van der Waals surface area contributed by atoms with E-state index < -0.39 is 11.7 Å². The summed E-state index contributed by atoms with van der Waals surface area (Å²) in [4.78, 5) is 0. The number of hydrogen-bond donors (Lipinski definition) is 0. The minimum atomic E-state index is -0.571. The van der Waals surface area contributed by atoms with Crippen LogP contribution in [0.25, 0.3) is 0 Å². The predicted molar refractivity (Wildman–Crippen MR) is 38.9 cm³/mol. The van der Waals surface area contributed by atoms with Gasteiger partial charge in [-0.1, -0.05) is 12.2 Å². The molecule has 0 rings (SSSR count). The average Bonchev–Trinajstić information content (AvgIpc) is 1.82. The summed E-state index contributed by atoms with van der Waals surface area (Å²) in [6, 6.07) is 0. The molecule has 0 bridgehead atoms. The van der Waals surface area contributed by atoms with Crippen molar-refractivity contribution in [1.82, 2.24) is 0 Å². The second kappa shape index (κ2) is 4.91. The first kappa shape index (κ1) is 9.08. The quantitative estimate of drug-likeness (QED) is 0.521. The van der Waals surface area contributed by atoms with Crippen LogP contribution in [0.15, 0.2) is 36.0 Å². The van der Waals surface area contributed by atoms with Crippen LogP contribution in [-0.4, -0.2) is 0 Å². The molecule has 0 N–H and O–H groups in total. The van der Waals surface area contributed by atoms with E-state index in [0.717, 1.165) is 6.08 Å². The summed E-state index contributed by atoms with van der Waals surface area (Å²) in [5, 5.41) is 0. The molecule has 0 unspecified atom stereocenters. The molecular weight excluding hydrogens is 134 g/mol. The third-order valence-electron chi connectivity index (χ3n) is 0.785. The molecular formula is C8H10F2. The second-order valence-electron chi connectivity index (χ2n) is 1.81. The van der Waals surface area contributed by atoms with E-state index in [1.807, 2.05) is 0 Å². The lowest BCUT2D eigenvalue weighted by molar-refractivity contribution is 0.614. The lowest BCUT2D eigenvalue weighted by atomic mass is 10.4. The van der Waals surface area contributed by atoms with E-state index in [1.54, 1.807) is 13.0 Å². The smallest absolute Gasteiger partial charge is 0.125 e. The fourth-order valence-corrected chi connectivity index (χ4v) is 0.426. The molecule has 0 fully saturated rings. The molecule has 0 saturated carbocycles. The third-order valence-corrected chi connectivity index (χ3v) is 0.785. The Morgan fingerprint density at radius 1 is 1.30 bits per heavy atom. The van der Waals surface area contributed by atoms with Crippen molar-refractivity contribution < 1.29 is 8.78 Å². The van der Waals surface area contributed by atoms with E-state index in [-0.39, 0.29) is 0 Å². The minimum absolute atomic E-state index is 0.529. The molecule has 56 valence electrons. The van der Waals surface area contributed by atoms with Crippen molar-refractivity contribution in [3.8, 4) is 0 Å². The van der Waals surface area contributed by atoms with E-state index >= 15 is 0 Å². The van der Waals surface area contributed by atoms with Crippen molar-refractivity contribution in [3.05, 3.63) is 36.0 Å². The number of halogens is 2. The van der Waals surface area contributed by atoms with Gasteiger partial charge < -0.3 is 0 Å². The summed E-state index contributed by atoms with van der Waals surface area (Å²) in [5.74, 6) is -1.10. The monoisotopic (exact) mass is 144 g/mol. The fraction of sp³-hybridized carbons (Fsp3) is 0.250. The molecule has 0 aromatic heterocycles. The van der Waals surface area contributed by atoms with Gasteiger partial charge in [0.25, 0.3) is 0 Å². The molecule has 0 atom stereocenters. The lowest BCUT2D eigenvalue weighted by Gasteiger charge is -1.82. The molecule has 2 heteroatoms. The van der Waals surface area contributed by atoms with Gasteiger partial charge in [-0.25, -0.2) is 8.78 Å². The zero-order chi connectivity index (χ0) is 7.98. The SMILES string of the molecule is C\C=C/C=C(F)\C=C(/C)F. The van der Waals surface area contributed by atoms with Gasteiger partial charge in [0.2, 0.25) is 0 Å². The molecule has 0 saturated heterocycles. The summed E-state index contributed by atoms with van der Waals surface area (Å²) in [7, 11) is 0. The Labute approximate surface area is 59.6 Å². The Bertz CT molecular complexity index is 172. The molecule has 0 heterocycles. The predicted octanol–water partition coefficient (Wildman–Crippen LogP) is 3.29. The first-order valence-corrected chi connectivity index (χ1v) is 2.99. The highest BCUT2D eigenvalue weighted by Crippen LogP contribution is 2.04. The Kier molecular flexibility index (Phi) is 4.46. The van der Waals surface area contributed by atoms with Crippen LogP contribution < -0.4 is 0 Å². The van der Waals surface area contributed by atoms with Crippen molar-refractivity contribution in [2.45, 2.75) is 13.8 Å². The van der Waals surface area contributed by atoms with Crippen LogP contribution in [0.5, 0.6) is 0 Å². The van der Waals surface area contributed by atoms with E-state index in [0.29, 0.717) is 0 Å². The maximum atomic E-state index is 12.3. The molecule has 0 aromatic rings. The molecule has 0 radical (unpaired) electrons.